The number of nitrogens with one attached hydrogen (secondary N) is 2. The highest BCUT2D eigenvalue weighted by Gasteiger charge is 2.18. The molecule has 0 aromatic heterocycles. The summed E-state index contributed by atoms with van der Waals surface area (Å²) in [7, 11) is 0. The first-order chi connectivity index (χ1) is 6.66. The zero-order valence-electron chi connectivity index (χ0n) is 10.2. The number of rotatable bonds is 3. The van der Waals surface area contributed by atoms with Crippen LogP contribution in [0.1, 0.15) is 34.6 Å². The largest absolute Gasteiger partial charge is 0.394 e. The average Bonchev–Trinajstić information content (AvgIpc) is 2.00. The molecule has 88 valence electrons. The molecular weight excluding hydrogens is 192 g/mol. The predicted octanol–water partition coefficient (Wildman–Crippen LogP) is 1.62. The van der Waals surface area contributed by atoms with Crippen LogP contribution in [0.25, 0.3) is 0 Å². The summed E-state index contributed by atoms with van der Waals surface area (Å²) in [5, 5.41) is 14.2. The third kappa shape index (κ3) is 8.00. The number of hydrogen-bond acceptors (Lipinski definition) is 2. The highest BCUT2D eigenvalue weighted by Crippen LogP contribution is 2.13. The van der Waals surface area contributed by atoms with Gasteiger partial charge in [0, 0.05) is 6.20 Å². The Morgan fingerprint density at radius 2 is 1.80 bits per heavy atom. The highest BCUT2D eigenvalue weighted by atomic mass is 16.3. The van der Waals surface area contributed by atoms with Crippen LogP contribution in [0.5, 0.6) is 0 Å². The van der Waals surface area contributed by atoms with Crippen molar-refractivity contribution in [3.8, 4) is 0 Å². The summed E-state index contributed by atoms with van der Waals surface area (Å²) in [6.07, 6.45) is 3.52. The Morgan fingerprint density at radius 1 is 1.27 bits per heavy atom. The molecule has 0 saturated heterocycles. The van der Waals surface area contributed by atoms with Crippen molar-refractivity contribution in [2.24, 2.45) is 5.41 Å². The van der Waals surface area contributed by atoms with Crippen molar-refractivity contribution < 1.29 is 9.90 Å². The minimum Gasteiger partial charge on any atom is -0.394 e. The Morgan fingerprint density at radius 3 is 2.20 bits per heavy atom. The molecule has 0 aromatic carbocycles. The van der Waals surface area contributed by atoms with Gasteiger partial charge in [-0.05, 0) is 19.3 Å². The normalized spacial score (nSPS) is 12.9. The molecule has 0 rings (SSSR count). The minimum atomic E-state index is -0.598. The van der Waals surface area contributed by atoms with Crippen LogP contribution in [0.4, 0.5) is 4.79 Å². The number of aliphatic hydroxyl groups excluding tert-OH is 1. The lowest BCUT2D eigenvalue weighted by molar-refractivity contribution is 0.183. The second-order valence-corrected chi connectivity index (χ2v) is 5.34. The van der Waals surface area contributed by atoms with Gasteiger partial charge in [-0.1, -0.05) is 26.8 Å². The molecule has 0 heterocycles. The number of hydrogen-bond donors (Lipinski definition) is 3. The minimum absolute atomic E-state index is 0.0414. The Bertz CT molecular complexity index is 239. The summed E-state index contributed by atoms with van der Waals surface area (Å²) in [5.41, 5.74) is -0.556. The molecule has 0 aliphatic heterocycles. The van der Waals surface area contributed by atoms with Crippen molar-refractivity contribution in [1.29, 1.82) is 0 Å². The van der Waals surface area contributed by atoms with E-state index in [9.17, 15) is 4.79 Å². The van der Waals surface area contributed by atoms with Crippen molar-refractivity contribution in [2.75, 3.05) is 6.61 Å². The Balaban J connectivity index is 4.02. The number of carbonyl (C=O) groups is 1. The molecule has 4 nitrogen and oxygen atoms in total. The molecule has 0 bridgehead atoms. The number of aliphatic hydroxyl groups is 1. The number of allylic oxidation sites excluding steroid dienone is 1. The second-order valence-electron chi connectivity index (χ2n) is 5.34. The topological polar surface area (TPSA) is 61.4 Å². The summed E-state index contributed by atoms with van der Waals surface area (Å²) in [6, 6.07) is -0.311. The quantitative estimate of drug-likeness (QED) is 0.668. The Labute approximate surface area is 91.8 Å². The lowest BCUT2D eigenvalue weighted by atomic mass is 9.97. The van der Waals surface area contributed by atoms with Crippen LogP contribution in [0.15, 0.2) is 12.3 Å². The molecule has 0 aromatic rings. The van der Waals surface area contributed by atoms with Crippen molar-refractivity contribution in [1.82, 2.24) is 10.6 Å². The van der Waals surface area contributed by atoms with Gasteiger partial charge in [-0.2, -0.15) is 0 Å². The summed E-state index contributed by atoms with van der Waals surface area (Å²) in [5.74, 6) is 0. The van der Waals surface area contributed by atoms with Crippen LogP contribution in [-0.2, 0) is 0 Å². The summed E-state index contributed by atoms with van der Waals surface area (Å²) < 4.78 is 0. The zero-order chi connectivity index (χ0) is 12.1. The molecule has 15 heavy (non-hydrogen) atoms. The van der Waals surface area contributed by atoms with E-state index in [4.69, 9.17) is 5.11 Å². The SMILES string of the molecule is CC(C)(C)/C=C/NC(=O)NC(C)(C)CO. The Hall–Kier alpha value is -1.03. The van der Waals surface area contributed by atoms with E-state index in [-0.39, 0.29) is 18.1 Å². The summed E-state index contributed by atoms with van der Waals surface area (Å²) in [6.45, 7) is 9.53. The molecule has 0 atom stereocenters. The third-order valence-corrected chi connectivity index (χ3v) is 1.64. The van der Waals surface area contributed by atoms with Gasteiger partial charge in [-0.15, -0.1) is 0 Å². The Kier molecular flexibility index (Phi) is 4.81. The molecule has 0 aliphatic rings. The fraction of sp³-hybridized carbons (Fsp3) is 0.727. The first-order valence-corrected chi connectivity index (χ1v) is 5.03. The zero-order valence-corrected chi connectivity index (χ0v) is 10.2. The number of urea groups is 1. The van der Waals surface area contributed by atoms with Crippen molar-refractivity contribution in [2.45, 2.75) is 40.2 Å². The van der Waals surface area contributed by atoms with Crippen LogP contribution >= 0.6 is 0 Å². The molecule has 2 amide bonds. The maximum absolute atomic E-state index is 11.3. The molecule has 0 fully saturated rings. The molecule has 0 aliphatic carbocycles. The fourth-order valence-corrected chi connectivity index (χ4v) is 0.750. The van der Waals surface area contributed by atoms with Crippen LogP contribution in [-0.4, -0.2) is 23.3 Å². The van der Waals surface area contributed by atoms with E-state index in [1.54, 1.807) is 20.0 Å². The van der Waals surface area contributed by atoms with Gasteiger partial charge in [0.2, 0.25) is 0 Å². The second kappa shape index (κ2) is 5.16. The van der Waals surface area contributed by atoms with E-state index in [1.165, 1.54) is 0 Å². The third-order valence-electron chi connectivity index (χ3n) is 1.64. The molecule has 3 N–H and O–H groups in total. The van der Waals surface area contributed by atoms with Crippen LogP contribution < -0.4 is 10.6 Å². The van der Waals surface area contributed by atoms with E-state index in [0.717, 1.165) is 0 Å². The predicted molar refractivity (Wildman–Crippen MR) is 61.4 cm³/mol. The van der Waals surface area contributed by atoms with Gasteiger partial charge in [0.05, 0.1) is 12.1 Å². The standard InChI is InChI=1S/C11H22N2O2/c1-10(2,3)6-7-12-9(15)13-11(4,5)8-14/h6-7,14H,8H2,1-5H3,(H2,12,13,15)/b7-6+. The highest BCUT2D eigenvalue weighted by molar-refractivity contribution is 5.75. The molecule has 4 heteroatoms. The van der Waals surface area contributed by atoms with Gasteiger partial charge >= 0.3 is 6.03 Å². The van der Waals surface area contributed by atoms with Gasteiger partial charge in [-0.25, -0.2) is 4.79 Å². The molecule has 0 radical (unpaired) electrons. The van der Waals surface area contributed by atoms with Gasteiger partial charge < -0.3 is 15.7 Å². The summed E-state index contributed by atoms with van der Waals surface area (Å²) >= 11 is 0. The summed E-state index contributed by atoms with van der Waals surface area (Å²) in [4.78, 5) is 11.3. The first kappa shape index (κ1) is 14.0. The molecule has 0 unspecified atom stereocenters. The smallest absolute Gasteiger partial charge is 0.319 e. The number of amides is 2. The fourth-order valence-electron chi connectivity index (χ4n) is 0.750. The molecular formula is C11H22N2O2. The van der Waals surface area contributed by atoms with E-state index < -0.39 is 5.54 Å². The first-order valence-electron chi connectivity index (χ1n) is 5.03. The monoisotopic (exact) mass is 214 g/mol. The van der Waals surface area contributed by atoms with Crippen molar-refractivity contribution >= 4 is 6.03 Å². The lowest BCUT2D eigenvalue weighted by Gasteiger charge is -2.23. The molecule has 0 saturated carbocycles. The van der Waals surface area contributed by atoms with Crippen molar-refractivity contribution in [3.63, 3.8) is 0 Å². The van der Waals surface area contributed by atoms with E-state index in [0.29, 0.717) is 0 Å². The van der Waals surface area contributed by atoms with Gasteiger partial charge in [-0.3, -0.25) is 0 Å². The average molecular weight is 214 g/mol. The van der Waals surface area contributed by atoms with Gasteiger partial charge in [0.15, 0.2) is 0 Å². The lowest BCUT2D eigenvalue weighted by Crippen LogP contribution is -2.49. The van der Waals surface area contributed by atoms with Crippen LogP contribution in [0.3, 0.4) is 0 Å². The maximum Gasteiger partial charge on any atom is 0.319 e. The van der Waals surface area contributed by atoms with Crippen molar-refractivity contribution in [3.05, 3.63) is 12.3 Å². The van der Waals surface area contributed by atoms with E-state index in [1.807, 2.05) is 26.8 Å². The molecule has 0 spiro atoms. The van der Waals surface area contributed by atoms with Gasteiger partial charge in [0.25, 0.3) is 0 Å². The van der Waals surface area contributed by atoms with E-state index >= 15 is 0 Å². The maximum atomic E-state index is 11.3. The number of carbonyl (C=O) groups excluding carboxylic acids is 1. The van der Waals surface area contributed by atoms with Crippen LogP contribution in [0.2, 0.25) is 0 Å². The van der Waals surface area contributed by atoms with Crippen LogP contribution in [0, 0.1) is 5.41 Å². The van der Waals surface area contributed by atoms with Gasteiger partial charge in [0.1, 0.15) is 0 Å². The van der Waals surface area contributed by atoms with E-state index in [2.05, 4.69) is 10.6 Å².